The highest BCUT2D eigenvalue weighted by Gasteiger charge is 2.16. The van der Waals surface area contributed by atoms with Crippen LogP contribution in [0.5, 0.6) is 0 Å². The van der Waals surface area contributed by atoms with Crippen molar-refractivity contribution in [3.8, 4) is 0 Å². The third-order valence-electron chi connectivity index (χ3n) is 3.60. The zero-order valence-electron chi connectivity index (χ0n) is 12.4. The Morgan fingerprint density at radius 2 is 1.85 bits per heavy atom. The second-order valence-electron chi connectivity index (χ2n) is 5.72. The molecule has 108 valence electrons. The van der Waals surface area contributed by atoms with E-state index in [-0.39, 0.29) is 5.60 Å². The van der Waals surface area contributed by atoms with Crippen molar-refractivity contribution in [3.05, 3.63) is 48.0 Å². The number of aliphatic hydroxyl groups is 1. The van der Waals surface area contributed by atoms with E-state index < -0.39 is 6.10 Å². The van der Waals surface area contributed by atoms with Gasteiger partial charge in [0.15, 0.2) is 0 Å². The Morgan fingerprint density at radius 1 is 1.15 bits per heavy atom. The molecule has 0 radical (unpaired) electrons. The van der Waals surface area contributed by atoms with Gasteiger partial charge in [0.25, 0.3) is 0 Å². The first-order valence-electron chi connectivity index (χ1n) is 6.94. The molecule has 20 heavy (non-hydrogen) atoms. The summed E-state index contributed by atoms with van der Waals surface area (Å²) in [6.45, 7) is 5.25. The van der Waals surface area contributed by atoms with Crippen molar-refractivity contribution >= 4 is 10.8 Å². The second kappa shape index (κ2) is 6.35. The van der Waals surface area contributed by atoms with E-state index in [1.54, 1.807) is 7.11 Å². The van der Waals surface area contributed by atoms with Crippen LogP contribution >= 0.6 is 0 Å². The van der Waals surface area contributed by atoms with Gasteiger partial charge in [0.05, 0.1) is 11.7 Å². The first-order chi connectivity index (χ1) is 9.52. The van der Waals surface area contributed by atoms with Crippen LogP contribution in [0.4, 0.5) is 0 Å². The lowest BCUT2D eigenvalue weighted by Crippen LogP contribution is -2.38. The minimum Gasteiger partial charge on any atom is -0.387 e. The smallest absolute Gasteiger partial charge is 0.0914 e. The van der Waals surface area contributed by atoms with E-state index in [0.717, 1.165) is 10.9 Å². The lowest BCUT2D eigenvalue weighted by molar-refractivity contribution is 0.0207. The van der Waals surface area contributed by atoms with Crippen molar-refractivity contribution in [3.63, 3.8) is 0 Å². The summed E-state index contributed by atoms with van der Waals surface area (Å²) in [6, 6.07) is 14.2. The first kappa shape index (κ1) is 15.0. The largest absolute Gasteiger partial charge is 0.387 e. The predicted octanol–water partition coefficient (Wildman–Crippen LogP) is 2.89. The molecule has 2 rings (SSSR count). The van der Waals surface area contributed by atoms with Gasteiger partial charge in [0.2, 0.25) is 0 Å². The van der Waals surface area contributed by atoms with E-state index >= 15 is 0 Å². The monoisotopic (exact) mass is 273 g/mol. The minimum atomic E-state index is -0.507. The van der Waals surface area contributed by atoms with E-state index in [1.165, 1.54) is 5.39 Å². The van der Waals surface area contributed by atoms with Crippen molar-refractivity contribution in [2.75, 3.05) is 20.2 Å². The highest BCUT2D eigenvalue weighted by atomic mass is 16.5. The average Bonchev–Trinajstić information content (AvgIpc) is 2.46. The number of rotatable bonds is 6. The molecular formula is C17H23NO2. The summed E-state index contributed by atoms with van der Waals surface area (Å²) in [6.07, 6.45) is -0.507. The Kier molecular flexibility index (Phi) is 4.76. The number of hydrogen-bond donors (Lipinski definition) is 2. The highest BCUT2D eigenvalue weighted by Crippen LogP contribution is 2.20. The van der Waals surface area contributed by atoms with Crippen molar-refractivity contribution in [2.24, 2.45) is 0 Å². The van der Waals surface area contributed by atoms with Gasteiger partial charge < -0.3 is 15.2 Å². The number of fused-ring (bicyclic) bond motifs is 1. The van der Waals surface area contributed by atoms with Crippen LogP contribution in [0.2, 0.25) is 0 Å². The molecule has 0 bridgehead atoms. The van der Waals surface area contributed by atoms with Gasteiger partial charge in [-0.05, 0) is 36.2 Å². The van der Waals surface area contributed by atoms with Gasteiger partial charge in [0, 0.05) is 20.2 Å². The van der Waals surface area contributed by atoms with Crippen LogP contribution in [0.15, 0.2) is 42.5 Å². The maximum Gasteiger partial charge on any atom is 0.0914 e. The topological polar surface area (TPSA) is 41.5 Å². The van der Waals surface area contributed by atoms with Crippen molar-refractivity contribution in [2.45, 2.75) is 25.6 Å². The zero-order valence-corrected chi connectivity index (χ0v) is 12.4. The standard InChI is InChI=1S/C17H23NO2/c1-17(2,20-3)12-18-11-16(19)15-9-8-13-6-4-5-7-14(13)10-15/h4-10,16,18-19H,11-12H2,1-3H3. The molecule has 0 aliphatic rings. The SMILES string of the molecule is COC(C)(C)CNCC(O)c1ccc2ccccc2c1. The summed E-state index contributed by atoms with van der Waals surface area (Å²) in [5, 5.41) is 15.8. The lowest BCUT2D eigenvalue weighted by atomic mass is 10.0. The van der Waals surface area contributed by atoms with Gasteiger partial charge in [-0.3, -0.25) is 0 Å². The second-order valence-corrected chi connectivity index (χ2v) is 5.72. The molecule has 2 N–H and O–H groups in total. The molecule has 0 heterocycles. The van der Waals surface area contributed by atoms with Gasteiger partial charge in [-0.15, -0.1) is 0 Å². The molecule has 0 saturated carbocycles. The molecule has 0 amide bonds. The van der Waals surface area contributed by atoms with Crippen molar-refractivity contribution in [1.29, 1.82) is 0 Å². The molecule has 2 aromatic carbocycles. The van der Waals surface area contributed by atoms with E-state index in [0.29, 0.717) is 13.1 Å². The van der Waals surface area contributed by atoms with Crippen LogP contribution in [0.3, 0.4) is 0 Å². The quantitative estimate of drug-likeness (QED) is 0.850. The van der Waals surface area contributed by atoms with Gasteiger partial charge in [-0.2, -0.15) is 0 Å². The van der Waals surface area contributed by atoms with Crippen molar-refractivity contribution in [1.82, 2.24) is 5.32 Å². The normalized spacial score (nSPS) is 13.6. The first-order valence-corrected chi connectivity index (χ1v) is 6.94. The third-order valence-corrected chi connectivity index (χ3v) is 3.60. The third kappa shape index (κ3) is 3.79. The van der Waals surface area contributed by atoms with Crippen LogP contribution in [0.25, 0.3) is 10.8 Å². The highest BCUT2D eigenvalue weighted by molar-refractivity contribution is 5.83. The molecular weight excluding hydrogens is 250 g/mol. The molecule has 0 aliphatic carbocycles. The minimum absolute atomic E-state index is 0.219. The molecule has 3 heteroatoms. The maximum absolute atomic E-state index is 10.2. The maximum atomic E-state index is 10.2. The Balaban J connectivity index is 1.99. The summed E-state index contributed by atoms with van der Waals surface area (Å²) >= 11 is 0. The summed E-state index contributed by atoms with van der Waals surface area (Å²) in [4.78, 5) is 0. The number of hydrogen-bond acceptors (Lipinski definition) is 3. The summed E-state index contributed by atoms with van der Waals surface area (Å²) in [7, 11) is 1.70. The number of methoxy groups -OCH3 is 1. The summed E-state index contributed by atoms with van der Waals surface area (Å²) in [5.74, 6) is 0. The number of aliphatic hydroxyl groups excluding tert-OH is 1. The molecule has 0 spiro atoms. The van der Waals surface area contributed by atoms with Crippen LogP contribution in [-0.4, -0.2) is 30.9 Å². The van der Waals surface area contributed by atoms with Crippen molar-refractivity contribution < 1.29 is 9.84 Å². The Morgan fingerprint density at radius 3 is 2.55 bits per heavy atom. The Hall–Kier alpha value is -1.42. The fourth-order valence-corrected chi connectivity index (χ4v) is 2.12. The summed E-state index contributed by atoms with van der Waals surface area (Å²) < 4.78 is 5.34. The molecule has 0 saturated heterocycles. The van der Waals surface area contributed by atoms with Gasteiger partial charge >= 0.3 is 0 Å². The van der Waals surface area contributed by atoms with Crippen LogP contribution in [0.1, 0.15) is 25.5 Å². The van der Waals surface area contributed by atoms with E-state index in [9.17, 15) is 5.11 Å². The van der Waals surface area contributed by atoms with Crippen LogP contribution in [0, 0.1) is 0 Å². The number of nitrogens with one attached hydrogen (secondary N) is 1. The number of ether oxygens (including phenoxy) is 1. The van der Waals surface area contributed by atoms with E-state index in [2.05, 4.69) is 17.4 Å². The Bertz CT molecular complexity index is 566. The number of benzene rings is 2. The molecule has 2 aromatic rings. The molecule has 0 aromatic heterocycles. The fourth-order valence-electron chi connectivity index (χ4n) is 2.12. The van der Waals surface area contributed by atoms with Crippen LogP contribution < -0.4 is 5.32 Å². The molecule has 0 aliphatic heterocycles. The van der Waals surface area contributed by atoms with E-state index in [4.69, 9.17) is 4.74 Å². The average molecular weight is 273 g/mol. The lowest BCUT2D eigenvalue weighted by Gasteiger charge is -2.24. The predicted molar refractivity (Wildman–Crippen MR) is 82.9 cm³/mol. The zero-order chi connectivity index (χ0) is 14.6. The van der Waals surface area contributed by atoms with Gasteiger partial charge in [0.1, 0.15) is 0 Å². The molecule has 1 unspecified atom stereocenters. The summed E-state index contributed by atoms with van der Waals surface area (Å²) in [5.41, 5.74) is 0.717. The van der Waals surface area contributed by atoms with Gasteiger partial charge in [-0.1, -0.05) is 36.4 Å². The van der Waals surface area contributed by atoms with Crippen LogP contribution in [-0.2, 0) is 4.74 Å². The molecule has 1 atom stereocenters. The van der Waals surface area contributed by atoms with E-state index in [1.807, 2.05) is 44.2 Å². The molecule has 3 nitrogen and oxygen atoms in total. The molecule has 0 fully saturated rings. The van der Waals surface area contributed by atoms with Gasteiger partial charge in [-0.25, -0.2) is 0 Å². The fraction of sp³-hybridized carbons (Fsp3) is 0.412. The Labute approximate surface area is 120 Å².